The smallest absolute Gasteiger partial charge is 0.399 e. The first-order valence-electron chi connectivity index (χ1n) is 25.0. The van der Waals surface area contributed by atoms with Gasteiger partial charge in [-0.1, -0.05) is 18.2 Å². The summed E-state index contributed by atoms with van der Waals surface area (Å²) in [6, 6.07) is 8.44. The van der Waals surface area contributed by atoms with Gasteiger partial charge in [-0.05, 0) is 51.5 Å². The number of nitrogens with zero attached hydrogens (tertiary/aromatic N) is 2. The van der Waals surface area contributed by atoms with Gasteiger partial charge in [0.1, 0.15) is 5.65 Å². The molecule has 1 aliphatic rings. The molecule has 0 bridgehead atoms. The molecule has 1 fully saturated rings. The standard InChI is InChI=1S/C18H21BN2O2.B52/c1-12-11-21-9-8-13-10-14(6-7-15(13)16(21)20-12)19-22-17(2,3)18(4,5)23-19;1-28(2)41(27)48(42(29(3)4)30(5)6)51(47(39(23)24)40(25)26)52(49(43(31(7)8)32(9)10)44(33(11)12)34(13)14)50(45(35(15)16)36(17)18)46(37(19)20)38(21)22/h6-11H,1-5H3;. The molecule has 57 heteroatoms. The van der Waals surface area contributed by atoms with Crippen molar-refractivity contribution in [1.82, 2.24) is 9.38 Å². The monoisotopic (exact) mass is 881 g/mol. The van der Waals surface area contributed by atoms with Crippen LogP contribution >= 0.6 is 0 Å². The van der Waals surface area contributed by atoms with Crippen molar-refractivity contribution in [3.8, 4) is 0 Å². The van der Waals surface area contributed by atoms with Gasteiger partial charge >= 0.3 is 7.12 Å². The average molecular weight is 870 g/mol. The molecular formula is C18H21B53N2O2. The van der Waals surface area contributed by atoms with E-state index in [0.29, 0.717) is 0 Å². The lowest BCUT2D eigenvalue weighted by Gasteiger charge is -2.57. The molecule has 3 heterocycles. The Morgan fingerprint density at radius 1 is 0.400 bits per heavy atom. The summed E-state index contributed by atoms with van der Waals surface area (Å²) >= 11 is 0. The van der Waals surface area contributed by atoms with Crippen molar-refractivity contribution in [3.05, 3.63) is 42.4 Å². The van der Waals surface area contributed by atoms with E-state index in [-0.39, 0.29) is 18.3 Å². The Bertz CT molecular complexity index is 2040. The van der Waals surface area contributed by atoms with E-state index in [1.54, 1.807) is 0 Å². The number of benzene rings is 1. The first kappa shape index (κ1) is 70.8. The zero-order chi connectivity index (χ0) is 57.8. The van der Waals surface area contributed by atoms with Crippen LogP contribution in [0.3, 0.4) is 0 Å². The first-order valence-corrected chi connectivity index (χ1v) is 25.0. The summed E-state index contributed by atoms with van der Waals surface area (Å²) < 4.78 is 14.4. The second kappa shape index (κ2) is 29.9. The van der Waals surface area contributed by atoms with E-state index in [4.69, 9.17) is 218 Å². The van der Waals surface area contributed by atoms with Crippen LogP contribution in [-0.2, 0) is 9.31 Å². The Morgan fingerprint density at radius 2 is 0.693 bits per heavy atom. The minimum Gasteiger partial charge on any atom is -0.399 e. The van der Waals surface area contributed by atoms with E-state index in [9.17, 15) is 0 Å². The van der Waals surface area contributed by atoms with Gasteiger partial charge in [0.15, 0.2) is 0 Å². The van der Waals surface area contributed by atoms with Crippen LogP contribution in [0.5, 0.6) is 0 Å². The molecule has 1 aromatic carbocycles. The molecule has 54 radical (unpaired) electrons. The van der Waals surface area contributed by atoms with Gasteiger partial charge in [0.2, 0.25) is 0 Å². The average Bonchev–Trinajstić information content (AvgIpc) is 3.73. The van der Waals surface area contributed by atoms with Gasteiger partial charge in [0, 0.05) is 386 Å². The highest BCUT2D eigenvalue weighted by atomic mass is 16.7. The van der Waals surface area contributed by atoms with Gasteiger partial charge in [0.25, 0.3) is 0 Å². The molecule has 0 unspecified atom stereocenters. The molecular weight excluding hydrogens is 849 g/mol. The van der Waals surface area contributed by atoms with Crippen molar-refractivity contribution < 1.29 is 9.31 Å². The number of hydrogen-bond acceptors (Lipinski definition) is 3. The molecule has 3 aromatic rings. The molecule has 0 aliphatic carbocycles. The van der Waals surface area contributed by atoms with Crippen LogP contribution in [0.15, 0.2) is 36.7 Å². The lowest BCUT2D eigenvalue weighted by molar-refractivity contribution is 0.00578. The molecule has 0 N–H and O–H groups in total. The SMILES string of the molecule is Cc1cn2ccc3cc(B4OC(C)(C)C(C)(C)O4)ccc3c2n1.[B]B([B])B([B])B(B(B([B])[B])B([B])[B])B(B(B([B])[B])B([B])[B])B(B(B(B([B])[B])B([B])[B])B(B([B])[B])B([B])[B])B(B(B([B])[B])B([B])[B])B(B([B])[B])B([B])[B]. The summed E-state index contributed by atoms with van der Waals surface area (Å²) in [5.74, 6) is 0. The molecule has 4 rings (SSSR count). The van der Waals surface area contributed by atoms with Crippen molar-refractivity contribution in [2.45, 2.75) is 45.8 Å². The van der Waals surface area contributed by atoms with E-state index in [0.717, 1.165) is 27.6 Å². The minimum atomic E-state index is -1.40. The van der Waals surface area contributed by atoms with E-state index >= 15 is 0 Å². The van der Waals surface area contributed by atoms with Crippen molar-refractivity contribution in [1.29, 1.82) is 0 Å². The third kappa shape index (κ3) is 17.1. The third-order valence-electron chi connectivity index (χ3n) is 15.8. The van der Waals surface area contributed by atoms with Gasteiger partial charge < -0.3 is 13.7 Å². The lowest BCUT2D eigenvalue weighted by Crippen LogP contribution is -2.95. The molecule has 0 amide bonds. The van der Waals surface area contributed by atoms with Crippen LogP contribution in [0, 0.1) is 6.92 Å². The van der Waals surface area contributed by atoms with Crippen molar-refractivity contribution in [2.24, 2.45) is 0 Å². The van der Waals surface area contributed by atoms with Crippen LogP contribution in [0.25, 0.3) is 16.4 Å². The molecule has 274 valence electrons. The Morgan fingerprint density at radius 3 is 1.00 bits per heavy atom. The van der Waals surface area contributed by atoms with Crippen molar-refractivity contribution in [3.63, 3.8) is 0 Å². The fraction of sp³-hybridized carbons (Fsp3) is 0.389. The lowest BCUT2D eigenvalue weighted by atomic mass is 8.24. The molecule has 75 heavy (non-hydrogen) atoms. The van der Waals surface area contributed by atoms with E-state index < -0.39 is 160 Å². The summed E-state index contributed by atoms with van der Waals surface area (Å²) in [6.45, 7) is 10.3. The highest BCUT2D eigenvalue weighted by Gasteiger charge is 2.61. The van der Waals surface area contributed by atoms with Crippen LogP contribution in [0.1, 0.15) is 33.4 Å². The number of imidazole rings is 1. The fourth-order valence-corrected chi connectivity index (χ4v) is 11.8. The maximum absolute atomic E-state index is 6.87. The molecule has 2 aromatic heterocycles. The molecule has 0 spiro atoms. The molecule has 4 nitrogen and oxygen atoms in total. The van der Waals surface area contributed by atoms with Gasteiger partial charge in [-0.25, -0.2) is 4.98 Å². The third-order valence-corrected chi connectivity index (χ3v) is 15.8. The van der Waals surface area contributed by atoms with Crippen LogP contribution in [0.2, 0.25) is 0 Å². The zero-order valence-corrected chi connectivity index (χ0v) is 44.3. The summed E-state index contributed by atoms with van der Waals surface area (Å²) in [5, 5.41) is 2.29. The summed E-state index contributed by atoms with van der Waals surface area (Å²) in [7, 11) is 174. The predicted octanol–water partition coefficient (Wildman–Crippen LogP) is -16.7. The summed E-state index contributed by atoms with van der Waals surface area (Å²) in [6.07, 6.45) is -28.9. The van der Waals surface area contributed by atoms with Crippen molar-refractivity contribution in [2.75, 3.05) is 0 Å². The second-order valence-electron chi connectivity index (χ2n) is 21.8. The Kier molecular flexibility index (Phi) is 28.2. The first-order chi connectivity index (χ1) is 34.4. The van der Waals surface area contributed by atoms with Gasteiger partial charge in [-0.3, -0.25) is 0 Å². The number of pyridine rings is 1. The second-order valence-corrected chi connectivity index (χ2v) is 21.8. The van der Waals surface area contributed by atoms with E-state index in [1.165, 1.54) is 0 Å². The molecule has 0 atom stereocenters. The van der Waals surface area contributed by atoms with Crippen molar-refractivity contribution >= 4 is 398 Å². The maximum Gasteiger partial charge on any atom is 0.494 e. The number of aromatic nitrogens is 2. The van der Waals surface area contributed by atoms with Crippen LogP contribution in [-0.4, -0.2) is 396 Å². The highest BCUT2D eigenvalue weighted by molar-refractivity contribution is 8.36. The predicted molar refractivity (Wildman–Crippen MR) is 392 cm³/mol. The van der Waals surface area contributed by atoms with Gasteiger partial charge in [-0.15, -0.1) is 0 Å². The topological polar surface area (TPSA) is 35.8 Å². The molecule has 0 saturated carbocycles. The van der Waals surface area contributed by atoms with E-state index in [2.05, 4.69) is 61.3 Å². The quantitative estimate of drug-likeness (QED) is 0.0796. The number of rotatable bonds is 25. The van der Waals surface area contributed by atoms with Crippen LogP contribution in [0.4, 0.5) is 0 Å². The van der Waals surface area contributed by atoms with Gasteiger partial charge in [-0.2, -0.15) is 0 Å². The Hall–Kier alpha value is 1.53. The van der Waals surface area contributed by atoms with Crippen LogP contribution < -0.4 is 5.46 Å². The van der Waals surface area contributed by atoms with Gasteiger partial charge in [0.05, 0.1) is 16.9 Å². The zero-order valence-electron chi connectivity index (χ0n) is 44.3. The van der Waals surface area contributed by atoms with E-state index in [1.807, 2.05) is 19.3 Å². The number of aryl methyl sites for hydroxylation is 1. The summed E-state index contributed by atoms with van der Waals surface area (Å²) in [4.78, 5) is 4.62. The Labute approximate surface area is 500 Å². The number of fused-ring (bicyclic) bond motifs is 3. The number of hydrogen-bond donors (Lipinski definition) is 0. The Balaban J connectivity index is 0.000000523. The maximum atomic E-state index is 6.87. The molecule has 1 saturated heterocycles. The minimum absolute atomic E-state index is 0.323. The fourth-order valence-electron chi connectivity index (χ4n) is 11.8. The normalized spacial score (nSPS) is 12.8. The largest absolute Gasteiger partial charge is 0.494 e. The molecule has 1 aliphatic heterocycles. The highest BCUT2D eigenvalue weighted by Crippen LogP contribution is 2.37. The summed E-state index contributed by atoms with van der Waals surface area (Å²) in [5.41, 5.74) is 2.41.